The first-order valence-corrected chi connectivity index (χ1v) is 9.37. The second kappa shape index (κ2) is 7.67. The monoisotopic (exact) mass is 413 g/mol. The Morgan fingerprint density at radius 1 is 1.07 bits per heavy atom. The fraction of sp³-hybridized carbons (Fsp3) is 0.238. The van der Waals surface area contributed by atoms with Crippen LogP contribution in [-0.4, -0.2) is 36.8 Å². The van der Waals surface area contributed by atoms with E-state index >= 15 is 0 Å². The highest BCUT2D eigenvalue weighted by Gasteiger charge is 2.34. The van der Waals surface area contributed by atoms with Crippen molar-refractivity contribution >= 4 is 23.3 Å². The Kier molecular flexibility index (Phi) is 5.07. The van der Waals surface area contributed by atoms with E-state index < -0.39 is 0 Å². The van der Waals surface area contributed by atoms with Gasteiger partial charge in [0.25, 0.3) is 0 Å². The molecule has 1 aliphatic heterocycles. The van der Waals surface area contributed by atoms with Crippen LogP contribution in [0.2, 0.25) is 5.02 Å². The third kappa shape index (κ3) is 3.17. The van der Waals surface area contributed by atoms with Gasteiger partial charge < -0.3 is 19.5 Å². The first kappa shape index (κ1) is 19.1. The van der Waals surface area contributed by atoms with Crippen molar-refractivity contribution in [1.82, 2.24) is 9.55 Å². The van der Waals surface area contributed by atoms with Gasteiger partial charge in [0.15, 0.2) is 11.5 Å². The van der Waals surface area contributed by atoms with Gasteiger partial charge in [-0.2, -0.15) is 0 Å². The molecule has 7 nitrogen and oxygen atoms in total. The predicted octanol–water partition coefficient (Wildman–Crippen LogP) is 4.03. The molecule has 0 fully saturated rings. The number of nitrogens with zero attached hydrogens (tertiary/aromatic N) is 2. The van der Waals surface area contributed by atoms with Crippen LogP contribution in [0.25, 0.3) is 5.69 Å². The van der Waals surface area contributed by atoms with Crippen LogP contribution >= 0.6 is 11.6 Å². The number of fused-ring (bicyclic) bond motifs is 1. The molecule has 1 aliphatic rings. The highest BCUT2D eigenvalue weighted by molar-refractivity contribution is 6.32. The lowest BCUT2D eigenvalue weighted by Crippen LogP contribution is -2.25. The van der Waals surface area contributed by atoms with Crippen LogP contribution < -0.4 is 19.5 Å². The minimum Gasteiger partial charge on any atom is -0.493 e. The Hall–Kier alpha value is -3.19. The maximum absolute atomic E-state index is 12.6. The number of aromatic nitrogens is 2. The van der Waals surface area contributed by atoms with Crippen LogP contribution in [0.1, 0.15) is 23.6 Å². The number of nitrogens with one attached hydrogen (secondary N) is 1. The number of hydrogen-bond acceptors (Lipinski definition) is 5. The molecule has 0 saturated carbocycles. The molecule has 0 radical (unpaired) electrons. The van der Waals surface area contributed by atoms with E-state index in [1.807, 2.05) is 24.3 Å². The quantitative estimate of drug-likeness (QED) is 0.683. The molecule has 2 heterocycles. The average Bonchev–Trinajstić information content (AvgIpc) is 3.15. The molecule has 4 rings (SSSR count). The number of halogens is 1. The summed E-state index contributed by atoms with van der Waals surface area (Å²) in [6, 6.07) is 11.1. The Morgan fingerprint density at radius 3 is 2.52 bits per heavy atom. The zero-order chi connectivity index (χ0) is 20.5. The number of anilines is 1. The third-order valence-corrected chi connectivity index (χ3v) is 5.31. The molecule has 1 N–H and O–H groups in total. The van der Waals surface area contributed by atoms with E-state index in [1.54, 1.807) is 44.4 Å². The van der Waals surface area contributed by atoms with Gasteiger partial charge in [-0.05, 0) is 18.2 Å². The summed E-state index contributed by atoms with van der Waals surface area (Å²) in [6.07, 6.45) is 1.90. The molecule has 0 aliphatic carbocycles. The molecule has 3 aromatic rings. The summed E-state index contributed by atoms with van der Waals surface area (Å²) in [5, 5.41) is 3.49. The molecule has 0 saturated heterocycles. The van der Waals surface area contributed by atoms with Crippen LogP contribution in [0.3, 0.4) is 0 Å². The lowest BCUT2D eigenvalue weighted by Gasteiger charge is -2.26. The van der Waals surface area contributed by atoms with E-state index in [2.05, 4.69) is 10.3 Å². The fourth-order valence-electron chi connectivity index (χ4n) is 3.69. The van der Waals surface area contributed by atoms with Crippen molar-refractivity contribution in [3.63, 3.8) is 0 Å². The minimum atomic E-state index is -0.308. The number of rotatable bonds is 5. The summed E-state index contributed by atoms with van der Waals surface area (Å²) in [5.41, 5.74) is 2.27. The van der Waals surface area contributed by atoms with Gasteiger partial charge in [0.1, 0.15) is 12.1 Å². The largest absolute Gasteiger partial charge is 0.493 e. The Bertz CT molecular complexity index is 1080. The second-order valence-electron chi connectivity index (χ2n) is 6.53. The molecule has 0 bridgehead atoms. The first-order chi connectivity index (χ1) is 14.1. The van der Waals surface area contributed by atoms with Crippen LogP contribution in [-0.2, 0) is 4.79 Å². The molecular formula is C21H20ClN3O4. The average molecular weight is 414 g/mol. The lowest BCUT2D eigenvalue weighted by molar-refractivity contribution is -0.116. The molecule has 0 unspecified atom stereocenters. The number of carbonyl (C=O) groups is 1. The highest BCUT2D eigenvalue weighted by atomic mass is 35.5. The van der Waals surface area contributed by atoms with Crippen molar-refractivity contribution in [2.24, 2.45) is 0 Å². The number of amides is 1. The summed E-state index contributed by atoms with van der Waals surface area (Å²) in [4.78, 5) is 17.2. The molecule has 2 aromatic carbocycles. The van der Waals surface area contributed by atoms with Crippen molar-refractivity contribution in [3.8, 4) is 22.9 Å². The van der Waals surface area contributed by atoms with Crippen molar-refractivity contribution < 1.29 is 19.0 Å². The van der Waals surface area contributed by atoms with Crippen molar-refractivity contribution in [2.75, 3.05) is 26.6 Å². The number of para-hydroxylation sites is 1. The third-order valence-electron chi connectivity index (χ3n) is 5.00. The van der Waals surface area contributed by atoms with Gasteiger partial charge in [-0.25, -0.2) is 4.98 Å². The first-order valence-electron chi connectivity index (χ1n) is 8.99. The van der Waals surface area contributed by atoms with Crippen molar-refractivity contribution in [3.05, 3.63) is 59.0 Å². The zero-order valence-corrected chi connectivity index (χ0v) is 17.0. The summed E-state index contributed by atoms with van der Waals surface area (Å²) < 4.78 is 18.3. The summed E-state index contributed by atoms with van der Waals surface area (Å²) >= 11 is 6.36. The maximum atomic E-state index is 12.6. The van der Waals surface area contributed by atoms with E-state index in [0.717, 1.165) is 16.9 Å². The number of carbonyl (C=O) groups excluding carboxylic acids is 1. The van der Waals surface area contributed by atoms with Gasteiger partial charge in [0, 0.05) is 17.9 Å². The zero-order valence-electron chi connectivity index (χ0n) is 16.2. The van der Waals surface area contributed by atoms with Gasteiger partial charge in [-0.3, -0.25) is 9.36 Å². The van der Waals surface area contributed by atoms with Gasteiger partial charge >= 0.3 is 0 Å². The van der Waals surface area contributed by atoms with Crippen LogP contribution in [0.5, 0.6) is 17.2 Å². The lowest BCUT2D eigenvalue weighted by atomic mass is 9.88. The molecule has 1 amide bonds. The molecule has 150 valence electrons. The van der Waals surface area contributed by atoms with Gasteiger partial charge in [0.2, 0.25) is 11.7 Å². The number of imidazole rings is 1. The predicted molar refractivity (Wildman–Crippen MR) is 110 cm³/mol. The van der Waals surface area contributed by atoms with E-state index in [0.29, 0.717) is 28.1 Å². The maximum Gasteiger partial charge on any atom is 0.226 e. The number of hydrogen-bond donors (Lipinski definition) is 1. The fourth-order valence-corrected chi connectivity index (χ4v) is 3.92. The Balaban J connectivity index is 1.88. The molecule has 1 aromatic heterocycles. The van der Waals surface area contributed by atoms with E-state index in [-0.39, 0.29) is 18.2 Å². The SMILES string of the molecule is COc1ccc([C@@H]2CC(=O)Nc3c2ncn3-c2ccccc2Cl)c(OC)c1OC. The molecular weight excluding hydrogens is 394 g/mol. The second-order valence-corrected chi connectivity index (χ2v) is 6.94. The molecule has 0 spiro atoms. The van der Waals surface area contributed by atoms with Crippen LogP contribution in [0.15, 0.2) is 42.7 Å². The van der Waals surface area contributed by atoms with Gasteiger partial charge in [0.05, 0.1) is 37.7 Å². The van der Waals surface area contributed by atoms with E-state index in [9.17, 15) is 4.79 Å². The van der Waals surface area contributed by atoms with Crippen LogP contribution in [0.4, 0.5) is 5.82 Å². The van der Waals surface area contributed by atoms with Crippen LogP contribution in [0, 0.1) is 0 Å². The van der Waals surface area contributed by atoms with Crippen molar-refractivity contribution in [1.29, 1.82) is 0 Å². The Morgan fingerprint density at radius 2 is 1.83 bits per heavy atom. The topological polar surface area (TPSA) is 74.6 Å². The molecule has 8 heteroatoms. The highest BCUT2D eigenvalue weighted by Crippen LogP contribution is 2.47. The van der Waals surface area contributed by atoms with Crippen molar-refractivity contribution in [2.45, 2.75) is 12.3 Å². The summed E-state index contributed by atoms with van der Waals surface area (Å²) in [7, 11) is 4.68. The number of benzene rings is 2. The van der Waals surface area contributed by atoms with E-state index in [1.165, 1.54) is 0 Å². The molecule has 1 atom stereocenters. The molecule has 29 heavy (non-hydrogen) atoms. The normalized spacial score (nSPS) is 15.4. The number of methoxy groups -OCH3 is 3. The van der Waals surface area contributed by atoms with Gasteiger partial charge in [-0.1, -0.05) is 29.8 Å². The van der Waals surface area contributed by atoms with E-state index in [4.69, 9.17) is 25.8 Å². The Labute approximate surface area is 173 Å². The summed E-state index contributed by atoms with van der Waals surface area (Å²) in [6.45, 7) is 0. The smallest absolute Gasteiger partial charge is 0.226 e. The number of ether oxygens (including phenoxy) is 3. The van der Waals surface area contributed by atoms with Gasteiger partial charge in [-0.15, -0.1) is 0 Å². The minimum absolute atomic E-state index is 0.117. The summed E-state index contributed by atoms with van der Waals surface area (Å²) in [5.74, 6) is 1.71. The standard InChI is InChI=1S/C21H20ClN3O4/c1-27-16-9-8-12(19(28-2)20(16)29-3)13-10-17(26)24-21-18(13)23-11-25(21)15-7-5-4-6-14(15)22/h4-9,11,13H,10H2,1-3H3,(H,24,26)/t13-/m0/s1.